The molecule has 0 atom stereocenters. The van der Waals surface area contributed by atoms with Crippen molar-refractivity contribution < 1.29 is 37.0 Å². The molecule has 0 aliphatic rings. The number of sulfonamides is 1. The van der Waals surface area contributed by atoms with Crippen molar-refractivity contribution in [3.8, 4) is 11.5 Å². The molecule has 12 heteroatoms. The monoisotopic (exact) mass is 765 g/mol. The van der Waals surface area contributed by atoms with Gasteiger partial charge in [0.2, 0.25) is 0 Å². The lowest BCUT2D eigenvalue weighted by Crippen LogP contribution is -2.30. The molecule has 0 fully saturated rings. The van der Waals surface area contributed by atoms with E-state index in [1.807, 2.05) is 0 Å². The molecule has 2 aromatic carbocycles. The van der Waals surface area contributed by atoms with Crippen LogP contribution < -0.4 is 19.5 Å². The fraction of sp³-hybridized carbons (Fsp3) is 0.524. The molecule has 0 radical (unpaired) electrons. The van der Waals surface area contributed by atoms with Gasteiger partial charge in [-0.25, -0.2) is 13.1 Å². The van der Waals surface area contributed by atoms with Crippen LogP contribution in [0.1, 0.15) is 142 Å². The maximum absolute atomic E-state index is 12.9. The van der Waals surface area contributed by atoms with Gasteiger partial charge in [-0.2, -0.15) is 0 Å². The molecule has 0 saturated heterocycles. The number of carbonyl (C=O) groups is 3. The Balaban J connectivity index is 1.28. The van der Waals surface area contributed by atoms with Crippen LogP contribution in [0.4, 0.5) is 0 Å². The van der Waals surface area contributed by atoms with Crippen molar-refractivity contribution in [2.75, 3.05) is 20.8 Å². The summed E-state index contributed by atoms with van der Waals surface area (Å²) in [5, 5.41) is 2.83. The third kappa shape index (κ3) is 16.3. The van der Waals surface area contributed by atoms with Crippen LogP contribution >= 0.6 is 0 Å². The molecule has 2 N–H and O–H groups in total. The SMILES string of the molecule is CCCCCCCCCCCCCCCCCC(=O)OCc1ccc(C(=O)NS(=O)(=O)c2ccc(CCNC(=O)c3ccc(OC)c(OC)c3)cc2)cn1. The number of pyridine rings is 1. The molecule has 0 saturated carbocycles. The summed E-state index contributed by atoms with van der Waals surface area (Å²) in [7, 11) is -1.14. The molecule has 1 heterocycles. The first-order valence-electron chi connectivity index (χ1n) is 19.4. The van der Waals surface area contributed by atoms with Gasteiger partial charge < -0.3 is 19.5 Å². The van der Waals surface area contributed by atoms with E-state index in [0.717, 1.165) is 24.8 Å². The normalized spacial score (nSPS) is 11.2. The van der Waals surface area contributed by atoms with Gasteiger partial charge in [0.25, 0.3) is 21.8 Å². The number of benzene rings is 2. The van der Waals surface area contributed by atoms with Crippen LogP contribution in [0.15, 0.2) is 65.7 Å². The summed E-state index contributed by atoms with van der Waals surface area (Å²) in [6.45, 7) is 2.55. The highest BCUT2D eigenvalue weighted by molar-refractivity contribution is 7.90. The lowest BCUT2D eigenvalue weighted by Gasteiger charge is -2.10. The van der Waals surface area contributed by atoms with Gasteiger partial charge in [0.05, 0.1) is 30.4 Å². The number of nitrogens with zero attached hydrogens (tertiary/aromatic N) is 1. The van der Waals surface area contributed by atoms with E-state index in [-0.39, 0.29) is 28.9 Å². The van der Waals surface area contributed by atoms with Gasteiger partial charge >= 0.3 is 5.97 Å². The summed E-state index contributed by atoms with van der Waals surface area (Å²) in [6, 6.07) is 13.9. The number of carbonyl (C=O) groups excluding carboxylic acids is 3. The highest BCUT2D eigenvalue weighted by Crippen LogP contribution is 2.27. The summed E-state index contributed by atoms with van der Waals surface area (Å²) in [6.07, 6.45) is 21.0. The standard InChI is InChI=1S/C42H59N3O8S/c1-4-5-6-7-8-9-10-11-12-13-14-15-16-17-18-19-40(46)53-32-36-24-22-35(31-44-36)42(48)45-54(49,50)37-25-20-33(21-26-37)28-29-43-41(47)34-23-27-38(51-2)39(30-34)52-3/h20-27,30-31H,4-19,28-29,32H2,1-3H3,(H,43,47)(H,45,48). The van der Waals surface area contributed by atoms with Crippen LogP contribution in [0.5, 0.6) is 11.5 Å². The van der Waals surface area contributed by atoms with Gasteiger partial charge in [0.15, 0.2) is 11.5 Å². The minimum absolute atomic E-state index is 0.0238. The van der Waals surface area contributed by atoms with Gasteiger partial charge in [-0.15, -0.1) is 0 Å². The minimum Gasteiger partial charge on any atom is -0.493 e. The number of methoxy groups -OCH3 is 2. The van der Waals surface area contributed by atoms with E-state index in [1.54, 1.807) is 30.3 Å². The van der Waals surface area contributed by atoms with E-state index in [4.69, 9.17) is 14.2 Å². The molecule has 2 amide bonds. The van der Waals surface area contributed by atoms with Gasteiger partial charge in [0, 0.05) is 24.7 Å². The van der Waals surface area contributed by atoms with E-state index in [9.17, 15) is 22.8 Å². The second kappa shape index (κ2) is 24.8. The Bertz CT molecular complexity index is 1680. The molecular weight excluding hydrogens is 707 g/mol. The van der Waals surface area contributed by atoms with E-state index < -0.39 is 15.9 Å². The van der Waals surface area contributed by atoms with E-state index in [2.05, 4.69) is 21.9 Å². The molecule has 54 heavy (non-hydrogen) atoms. The second-order valence-electron chi connectivity index (χ2n) is 13.6. The predicted molar refractivity (Wildman–Crippen MR) is 210 cm³/mol. The Morgan fingerprint density at radius 1 is 0.667 bits per heavy atom. The third-order valence-corrected chi connectivity index (χ3v) is 10.6. The summed E-state index contributed by atoms with van der Waals surface area (Å²) in [5.74, 6) is -0.441. The van der Waals surface area contributed by atoms with Crippen LogP contribution in [-0.2, 0) is 32.6 Å². The zero-order valence-corrected chi connectivity index (χ0v) is 33.1. The lowest BCUT2D eigenvalue weighted by atomic mass is 10.0. The highest BCUT2D eigenvalue weighted by atomic mass is 32.2. The van der Waals surface area contributed by atoms with Crippen molar-refractivity contribution in [3.63, 3.8) is 0 Å². The van der Waals surface area contributed by atoms with Crippen LogP contribution in [0.25, 0.3) is 0 Å². The Labute approximate surface area is 322 Å². The van der Waals surface area contributed by atoms with Gasteiger partial charge in [-0.1, -0.05) is 109 Å². The van der Waals surface area contributed by atoms with Crippen molar-refractivity contribution in [1.29, 1.82) is 0 Å². The maximum Gasteiger partial charge on any atom is 0.306 e. The summed E-state index contributed by atoms with van der Waals surface area (Å²) in [4.78, 5) is 41.6. The molecule has 0 aliphatic carbocycles. The van der Waals surface area contributed by atoms with Crippen LogP contribution in [0, 0.1) is 0 Å². The molecule has 1 aromatic heterocycles. The number of ether oxygens (including phenoxy) is 3. The van der Waals surface area contributed by atoms with Crippen molar-refractivity contribution in [2.24, 2.45) is 0 Å². The van der Waals surface area contributed by atoms with Crippen molar-refractivity contribution in [2.45, 2.75) is 128 Å². The van der Waals surface area contributed by atoms with Gasteiger partial charge in [-0.05, 0) is 60.9 Å². The molecule has 0 unspecified atom stereocenters. The van der Waals surface area contributed by atoms with Crippen LogP contribution in [-0.4, -0.2) is 51.9 Å². The second-order valence-corrected chi connectivity index (χ2v) is 15.2. The fourth-order valence-corrected chi connectivity index (χ4v) is 6.96. The zero-order valence-electron chi connectivity index (χ0n) is 32.3. The average molecular weight is 766 g/mol. The molecule has 296 valence electrons. The Morgan fingerprint density at radius 3 is 1.80 bits per heavy atom. The lowest BCUT2D eigenvalue weighted by molar-refractivity contribution is -0.145. The summed E-state index contributed by atoms with van der Waals surface area (Å²) >= 11 is 0. The largest absolute Gasteiger partial charge is 0.493 e. The average Bonchev–Trinajstić information content (AvgIpc) is 3.18. The number of hydrogen-bond donors (Lipinski definition) is 2. The quantitative estimate of drug-likeness (QED) is 0.0575. The Kier molecular flexibility index (Phi) is 20.2. The highest BCUT2D eigenvalue weighted by Gasteiger charge is 2.19. The number of hydrogen-bond acceptors (Lipinski definition) is 9. The van der Waals surface area contributed by atoms with Crippen molar-refractivity contribution in [3.05, 3.63) is 83.2 Å². The smallest absolute Gasteiger partial charge is 0.306 e. The first kappa shape index (κ1) is 44.0. The molecule has 0 aliphatic heterocycles. The number of unbranched alkanes of at least 4 members (excludes halogenated alkanes) is 14. The van der Waals surface area contributed by atoms with E-state index >= 15 is 0 Å². The topological polar surface area (TPSA) is 150 Å². The van der Waals surface area contributed by atoms with Gasteiger partial charge in [0.1, 0.15) is 6.61 Å². The first-order chi connectivity index (χ1) is 26.2. The van der Waals surface area contributed by atoms with E-state index in [0.29, 0.717) is 42.1 Å². The Hall–Kier alpha value is -4.45. The zero-order chi connectivity index (χ0) is 39.0. The first-order valence-corrected chi connectivity index (χ1v) is 20.9. The van der Waals surface area contributed by atoms with Crippen molar-refractivity contribution in [1.82, 2.24) is 15.0 Å². The molecule has 11 nitrogen and oxygen atoms in total. The van der Waals surface area contributed by atoms with E-state index in [1.165, 1.54) is 122 Å². The molecule has 3 aromatic rings. The summed E-state index contributed by atoms with van der Waals surface area (Å²) in [5.41, 5.74) is 1.71. The number of rotatable bonds is 27. The number of esters is 1. The maximum atomic E-state index is 12.9. The molecule has 0 spiro atoms. The van der Waals surface area contributed by atoms with Crippen LogP contribution in [0.2, 0.25) is 0 Å². The minimum atomic E-state index is -4.15. The van der Waals surface area contributed by atoms with Crippen molar-refractivity contribution >= 4 is 27.8 Å². The predicted octanol–water partition coefficient (Wildman–Crippen LogP) is 8.49. The third-order valence-electron chi connectivity index (χ3n) is 9.26. The fourth-order valence-electron chi connectivity index (χ4n) is 5.99. The van der Waals surface area contributed by atoms with Gasteiger partial charge in [-0.3, -0.25) is 19.4 Å². The summed E-state index contributed by atoms with van der Waals surface area (Å²) < 4.78 is 43.6. The molecular formula is C42H59N3O8S. The van der Waals surface area contributed by atoms with Crippen LogP contribution in [0.3, 0.4) is 0 Å². The Morgan fingerprint density at radius 2 is 1.24 bits per heavy atom. The molecule has 0 bridgehead atoms. The number of amides is 2. The number of aromatic nitrogens is 1. The molecule has 3 rings (SSSR count). The number of nitrogens with one attached hydrogen (secondary N) is 2.